The first-order valence-corrected chi connectivity index (χ1v) is 6.39. The quantitative estimate of drug-likeness (QED) is 0.509. The molecule has 9 heteroatoms. The summed E-state index contributed by atoms with van der Waals surface area (Å²) in [5, 5.41) is 19.5. The summed E-state index contributed by atoms with van der Waals surface area (Å²) in [6, 6.07) is 7.03. The van der Waals surface area contributed by atoms with E-state index in [4.69, 9.17) is 16.6 Å². The van der Waals surface area contributed by atoms with Crippen LogP contribution in [-0.4, -0.2) is 20.4 Å². The highest BCUT2D eigenvalue weighted by Crippen LogP contribution is 2.22. The second kappa shape index (κ2) is 5.29. The smallest absolute Gasteiger partial charge is 0.291 e. The molecule has 2 aromatic heterocycles. The number of rotatable bonds is 3. The fraction of sp³-hybridized carbons (Fsp3) is 0.0833. The van der Waals surface area contributed by atoms with Crippen molar-refractivity contribution in [1.82, 2.24) is 20.4 Å². The Morgan fingerprint density at radius 1 is 1.19 bits per heavy atom. The first kappa shape index (κ1) is 13.2. The molecular formula is C12H10N6O2S. The molecule has 0 saturated carbocycles. The van der Waals surface area contributed by atoms with E-state index in [9.17, 15) is 4.79 Å². The third kappa shape index (κ3) is 2.72. The van der Waals surface area contributed by atoms with Gasteiger partial charge in [-0.25, -0.2) is 5.10 Å². The lowest BCUT2D eigenvalue weighted by Crippen LogP contribution is -1.96. The second-order valence-electron chi connectivity index (χ2n) is 4.22. The zero-order chi connectivity index (χ0) is 14.8. The SMILES string of the molecule is Cc1[nH][nH]c(=O)c1N=Nc1ccc(-c2n[nH]c(=S)o2)cc1. The zero-order valence-corrected chi connectivity index (χ0v) is 11.7. The van der Waals surface area contributed by atoms with Crippen LogP contribution in [0.5, 0.6) is 0 Å². The first-order chi connectivity index (χ1) is 10.1. The molecular weight excluding hydrogens is 292 g/mol. The van der Waals surface area contributed by atoms with Crippen LogP contribution in [0.2, 0.25) is 0 Å². The third-order valence-electron chi connectivity index (χ3n) is 2.75. The molecule has 0 spiro atoms. The zero-order valence-electron chi connectivity index (χ0n) is 10.9. The number of aryl methyl sites for hydroxylation is 1. The summed E-state index contributed by atoms with van der Waals surface area (Å²) in [4.78, 5) is 11.6. The van der Waals surface area contributed by atoms with E-state index in [-0.39, 0.29) is 16.1 Å². The number of hydrogen-bond donors (Lipinski definition) is 3. The summed E-state index contributed by atoms with van der Waals surface area (Å²) >= 11 is 4.82. The number of nitrogens with zero attached hydrogens (tertiary/aromatic N) is 3. The molecule has 3 N–H and O–H groups in total. The maximum absolute atomic E-state index is 11.4. The normalized spacial score (nSPS) is 11.3. The van der Waals surface area contributed by atoms with Gasteiger partial charge in [-0.2, -0.15) is 5.11 Å². The van der Waals surface area contributed by atoms with Gasteiger partial charge in [0.15, 0.2) is 5.69 Å². The van der Waals surface area contributed by atoms with Crippen molar-refractivity contribution in [2.24, 2.45) is 10.2 Å². The molecule has 0 fully saturated rings. The lowest BCUT2D eigenvalue weighted by atomic mass is 10.2. The molecule has 0 aliphatic rings. The molecule has 3 rings (SSSR count). The Morgan fingerprint density at radius 2 is 1.95 bits per heavy atom. The van der Waals surface area contributed by atoms with E-state index in [1.807, 2.05) is 0 Å². The van der Waals surface area contributed by atoms with Gasteiger partial charge in [0, 0.05) is 5.56 Å². The highest BCUT2D eigenvalue weighted by Gasteiger charge is 2.05. The van der Waals surface area contributed by atoms with Crippen molar-refractivity contribution in [2.45, 2.75) is 6.92 Å². The largest absolute Gasteiger partial charge is 0.409 e. The number of azo groups is 1. The summed E-state index contributed by atoms with van der Waals surface area (Å²) in [7, 11) is 0. The number of H-pyrrole nitrogens is 3. The van der Waals surface area contributed by atoms with E-state index < -0.39 is 0 Å². The molecule has 0 bridgehead atoms. The molecule has 0 saturated heterocycles. The van der Waals surface area contributed by atoms with Crippen LogP contribution in [-0.2, 0) is 0 Å². The molecule has 0 unspecified atom stereocenters. The van der Waals surface area contributed by atoms with E-state index in [1.165, 1.54) is 0 Å². The van der Waals surface area contributed by atoms with Crippen molar-refractivity contribution in [1.29, 1.82) is 0 Å². The van der Waals surface area contributed by atoms with Crippen LogP contribution >= 0.6 is 12.2 Å². The lowest BCUT2D eigenvalue weighted by Gasteiger charge is -1.95. The predicted molar refractivity (Wildman–Crippen MR) is 77.5 cm³/mol. The summed E-state index contributed by atoms with van der Waals surface area (Å²) in [5.74, 6) is 0.404. The number of aromatic amines is 3. The molecule has 8 nitrogen and oxygen atoms in total. The van der Waals surface area contributed by atoms with Crippen LogP contribution in [0.3, 0.4) is 0 Å². The van der Waals surface area contributed by atoms with Gasteiger partial charge in [-0.15, -0.1) is 10.2 Å². The Bertz CT molecular complexity index is 899. The van der Waals surface area contributed by atoms with E-state index in [0.29, 0.717) is 17.3 Å². The Kier molecular flexibility index (Phi) is 3.32. The Balaban J connectivity index is 1.85. The number of benzene rings is 1. The summed E-state index contributed by atoms with van der Waals surface area (Å²) in [5.41, 5.74) is 1.96. The molecule has 106 valence electrons. The molecule has 21 heavy (non-hydrogen) atoms. The van der Waals surface area contributed by atoms with Gasteiger partial charge in [0.05, 0.1) is 11.4 Å². The van der Waals surface area contributed by atoms with E-state index in [2.05, 4.69) is 30.6 Å². The molecule has 0 aliphatic heterocycles. The van der Waals surface area contributed by atoms with Crippen molar-refractivity contribution in [3.8, 4) is 11.5 Å². The third-order valence-corrected chi connectivity index (χ3v) is 2.93. The number of nitrogens with one attached hydrogen (secondary N) is 3. The van der Waals surface area contributed by atoms with Gasteiger partial charge >= 0.3 is 0 Å². The van der Waals surface area contributed by atoms with Crippen molar-refractivity contribution in [2.75, 3.05) is 0 Å². The molecule has 0 aliphatic carbocycles. The second-order valence-corrected chi connectivity index (χ2v) is 4.59. The maximum Gasteiger partial charge on any atom is 0.291 e. The molecule has 0 amide bonds. The monoisotopic (exact) mass is 302 g/mol. The average Bonchev–Trinajstić information content (AvgIpc) is 3.05. The van der Waals surface area contributed by atoms with Crippen molar-refractivity contribution >= 4 is 23.6 Å². The Hall–Kier alpha value is -2.81. The molecule has 3 aromatic rings. The van der Waals surface area contributed by atoms with Gasteiger partial charge in [-0.05, 0) is 43.4 Å². The average molecular weight is 302 g/mol. The molecule has 0 atom stereocenters. The minimum absolute atomic E-state index is 0.218. The molecule has 0 radical (unpaired) electrons. The van der Waals surface area contributed by atoms with E-state index in [1.54, 1.807) is 31.2 Å². The summed E-state index contributed by atoms with van der Waals surface area (Å²) in [6.07, 6.45) is 0. The highest BCUT2D eigenvalue weighted by atomic mass is 32.1. The highest BCUT2D eigenvalue weighted by molar-refractivity contribution is 7.71. The number of hydrogen-bond acceptors (Lipinski definition) is 6. The Morgan fingerprint density at radius 3 is 2.52 bits per heavy atom. The fourth-order valence-corrected chi connectivity index (χ4v) is 1.82. The molecule has 1 aromatic carbocycles. The van der Waals surface area contributed by atoms with E-state index >= 15 is 0 Å². The van der Waals surface area contributed by atoms with Crippen molar-refractivity contribution < 1.29 is 4.42 Å². The minimum atomic E-state index is -0.304. The summed E-state index contributed by atoms with van der Waals surface area (Å²) in [6.45, 7) is 1.74. The van der Waals surface area contributed by atoms with Gasteiger partial charge in [-0.1, -0.05) is 0 Å². The first-order valence-electron chi connectivity index (χ1n) is 5.98. The van der Waals surface area contributed by atoms with Gasteiger partial charge in [0.2, 0.25) is 5.89 Å². The topological polar surface area (TPSA) is 115 Å². The minimum Gasteiger partial charge on any atom is -0.409 e. The van der Waals surface area contributed by atoms with E-state index in [0.717, 1.165) is 5.56 Å². The predicted octanol–water partition coefficient (Wildman–Crippen LogP) is 3.14. The lowest BCUT2D eigenvalue weighted by molar-refractivity contribution is 0.552. The number of aromatic nitrogens is 4. The van der Waals surface area contributed by atoms with Crippen molar-refractivity contribution in [3.05, 3.63) is 45.2 Å². The standard InChI is InChI=1S/C12H10N6O2S/c1-6-9(10(19)16-13-6)15-14-8-4-2-7(3-5-8)11-17-18-12(21)20-11/h2-5H,1H3,(H,18,21)(H2,13,16,19). The fourth-order valence-electron chi connectivity index (χ4n) is 1.69. The van der Waals surface area contributed by atoms with Gasteiger partial charge in [-0.3, -0.25) is 9.89 Å². The summed E-state index contributed by atoms with van der Waals surface area (Å²) < 4.78 is 5.20. The van der Waals surface area contributed by atoms with Gasteiger partial charge in [0.25, 0.3) is 10.4 Å². The van der Waals surface area contributed by atoms with Crippen LogP contribution in [0, 0.1) is 11.8 Å². The molecule has 2 heterocycles. The van der Waals surface area contributed by atoms with Crippen LogP contribution in [0.15, 0.2) is 43.7 Å². The van der Waals surface area contributed by atoms with Crippen LogP contribution in [0.4, 0.5) is 11.4 Å². The van der Waals surface area contributed by atoms with Crippen LogP contribution < -0.4 is 5.56 Å². The van der Waals surface area contributed by atoms with Gasteiger partial charge < -0.3 is 9.52 Å². The van der Waals surface area contributed by atoms with Crippen molar-refractivity contribution in [3.63, 3.8) is 0 Å². The van der Waals surface area contributed by atoms with Crippen LogP contribution in [0.1, 0.15) is 5.69 Å². The van der Waals surface area contributed by atoms with Crippen LogP contribution in [0.25, 0.3) is 11.5 Å². The Labute approximate surface area is 122 Å². The maximum atomic E-state index is 11.4. The van der Waals surface area contributed by atoms with Gasteiger partial charge in [0.1, 0.15) is 0 Å².